The number of halogens is 3. The first kappa shape index (κ1) is 11.5. The van der Waals surface area contributed by atoms with Crippen LogP contribution in [0.5, 0.6) is 0 Å². The second-order valence-electron chi connectivity index (χ2n) is 4.27. The van der Waals surface area contributed by atoms with E-state index in [1.165, 1.54) is 11.3 Å². The molecule has 3 N–H and O–H groups in total. The molecule has 2 aromatic rings. The average molecular weight is 274 g/mol. The second-order valence-corrected chi connectivity index (χ2v) is 5.17. The van der Waals surface area contributed by atoms with Gasteiger partial charge in [-0.05, 0) is 24.3 Å². The van der Waals surface area contributed by atoms with Gasteiger partial charge >= 0.3 is 6.18 Å². The number of nitrogens with zero attached hydrogens (tertiary/aromatic N) is 2. The summed E-state index contributed by atoms with van der Waals surface area (Å²) in [7, 11) is 0. The monoisotopic (exact) mass is 274 g/mol. The third kappa shape index (κ3) is 1.67. The lowest BCUT2D eigenvalue weighted by molar-refractivity contribution is -0.151. The Morgan fingerprint density at radius 2 is 2.06 bits per heavy atom. The van der Waals surface area contributed by atoms with E-state index in [0.29, 0.717) is 10.2 Å². The maximum Gasteiger partial charge on any atom is 0.411 e. The van der Waals surface area contributed by atoms with E-state index in [-0.39, 0.29) is 24.6 Å². The molecule has 4 nitrogen and oxygen atoms in total. The van der Waals surface area contributed by atoms with E-state index in [0.717, 1.165) is 0 Å². The molecular formula is C10H9F3N4S. The van der Waals surface area contributed by atoms with Crippen LogP contribution in [0.2, 0.25) is 0 Å². The minimum atomic E-state index is -4.28. The third-order valence-electron chi connectivity index (χ3n) is 2.99. The summed E-state index contributed by atoms with van der Waals surface area (Å²) in [6.45, 7) is 0. The first-order valence-corrected chi connectivity index (χ1v) is 6.15. The Morgan fingerprint density at radius 1 is 1.33 bits per heavy atom. The van der Waals surface area contributed by atoms with Gasteiger partial charge in [-0.3, -0.25) is 0 Å². The maximum atomic E-state index is 12.9. The summed E-state index contributed by atoms with van der Waals surface area (Å²) in [5.41, 5.74) is 3.65. The SMILES string of the molecule is Nc1nc(NC2(C(F)(F)F)CC2)c2ccsc2n1. The van der Waals surface area contributed by atoms with Gasteiger partial charge in [-0.25, -0.2) is 4.98 Å². The lowest BCUT2D eigenvalue weighted by Gasteiger charge is -2.21. The molecule has 8 heteroatoms. The average Bonchev–Trinajstić information content (AvgIpc) is 2.88. The van der Waals surface area contributed by atoms with Crippen LogP contribution in [0.25, 0.3) is 10.2 Å². The number of thiophene rings is 1. The highest BCUT2D eigenvalue weighted by Crippen LogP contribution is 2.51. The topological polar surface area (TPSA) is 63.8 Å². The van der Waals surface area contributed by atoms with Gasteiger partial charge in [0.1, 0.15) is 16.2 Å². The molecule has 2 heterocycles. The number of aromatic nitrogens is 2. The Hall–Kier alpha value is -1.57. The normalized spacial score (nSPS) is 17.9. The van der Waals surface area contributed by atoms with Gasteiger partial charge in [0.25, 0.3) is 0 Å². The van der Waals surface area contributed by atoms with Gasteiger partial charge in [0.15, 0.2) is 0 Å². The van der Waals surface area contributed by atoms with Crippen molar-refractivity contribution in [3.8, 4) is 0 Å². The third-order valence-corrected chi connectivity index (χ3v) is 3.80. The molecule has 1 saturated carbocycles. The molecular weight excluding hydrogens is 265 g/mol. The summed E-state index contributed by atoms with van der Waals surface area (Å²) in [6, 6.07) is 1.69. The first-order chi connectivity index (χ1) is 8.41. The molecule has 0 saturated heterocycles. The Kier molecular flexibility index (Phi) is 2.22. The van der Waals surface area contributed by atoms with Gasteiger partial charge in [0.05, 0.1) is 5.39 Å². The standard InChI is InChI=1S/C10H9F3N4S/c11-10(12,13)9(2-3-9)17-6-5-1-4-18-7(5)16-8(14)15-6/h1,4H,2-3H2,(H3,14,15,16,17). The van der Waals surface area contributed by atoms with Crippen molar-refractivity contribution in [1.82, 2.24) is 9.97 Å². The molecule has 0 atom stereocenters. The molecule has 0 unspecified atom stereocenters. The van der Waals surface area contributed by atoms with E-state index in [4.69, 9.17) is 5.73 Å². The number of nitrogen functional groups attached to an aromatic ring is 1. The van der Waals surface area contributed by atoms with Crippen LogP contribution in [0.3, 0.4) is 0 Å². The van der Waals surface area contributed by atoms with Gasteiger partial charge in [-0.15, -0.1) is 11.3 Å². The zero-order chi connectivity index (χ0) is 13.0. The van der Waals surface area contributed by atoms with Crippen molar-refractivity contribution in [1.29, 1.82) is 0 Å². The van der Waals surface area contributed by atoms with Crippen LogP contribution in [-0.4, -0.2) is 21.7 Å². The van der Waals surface area contributed by atoms with Crippen molar-refractivity contribution in [3.63, 3.8) is 0 Å². The fourth-order valence-corrected chi connectivity index (χ4v) is 2.57. The summed E-state index contributed by atoms with van der Waals surface area (Å²) >= 11 is 1.32. The van der Waals surface area contributed by atoms with E-state index in [9.17, 15) is 13.2 Å². The molecule has 0 amide bonds. The zero-order valence-corrected chi connectivity index (χ0v) is 9.90. The number of nitrogens with two attached hydrogens (primary N) is 1. The van der Waals surface area contributed by atoms with Crippen molar-refractivity contribution >= 4 is 33.3 Å². The highest BCUT2D eigenvalue weighted by atomic mass is 32.1. The largest absolute Gasteiger partial charge is 0.411 e. The molecule has 18 heavy (non-hydrogen) atoms. The number of alkyl halides is 3. The van der Waals surface area contributed by atoms with Crippen LogP contribution in [0.15, 0.2) is 11.4 Å². The van der Waals surface area contributed by atoms with E-state index < -0.39 is 11.7 Å². The fourth-order valence-electron chi connectivity index (χ4n) is 1.80. The minimum Gasteiger partial charge on any atom is -0.368 e. The van der Waals surface area contributed by atoms with Crippen LogP contribution in [0, 0.1) is 0 Å². The molecule has 3 rings (SSSR count). The Bertz CT molecular complexity index is 603. The molecule has 2 aromatic heterocycles. The van der Waals surface area contributed by atoms with Gasteiger partial charge in [0.2, 0.25) is 5.95 Å². The van der Waals surface area contributed by atoms with E-state index in [2.05, 4.69) is 15.3 Å². The van der Waals surface area contributed by atoms with Crippen molar-refractivity contribution < 1.29 is 13.2 Å². The maximum absolute atomic E-state index is 12.9. The van der Waals surface area contributed by atoms with Crippen molar-refractivity contribution in [2.45, 2.75) is 24.6 Å². The Labute approximate surface area is 104 Å². The molecule has 0 aromatic carbocycles. The summed E-state index contributed by atoms with van der Waals surface area (Å²) in [4.78, 5) is 8.43. The lowest BCUT2D eigenvalue weighted by Crippen LogP contribution is -2.39. The summed E-state index contributed by atoms with van der Waals surface area (Å²) in [6.07, 6.45) is -4.16. The van der Waals surface area contributed by atoms with Crippen LogP contribution in [0.1, 0.15) is 12.8 Å². The smallest absolute Gasteiger partial charge is 0.368 e. The van der Waals surface area contributed by atoms with Gasteiger partial charge < -0.3 is 11.1 Å². The number of rotatable bonds is 2. The first-order valence-electron chi connectivity index (χ1n) is 5.27. The molecule has 96 valence electrons. The lowest BCUT2D eigenvalue weighted by atomic mass is 10.2. The minimum absolute atomic E-state index is 0.0228. The molecule has 0 radical (unpaired) electrons. The second kappa shape index (κ2) is 3.47. The Morgan fingerprint density at radius 3 is 2.67 bits per heavy atom. The predicted molar refractivity (Wildman–Crippen MR) is 63.5 cm³/mol. The molecule has 1 fully saturated rings. The summed E-state index contributed by atoms with van der Waals surface area (Å²) < 4.78 is 38.6. The molecule has 0 aliphatic heterocycles. The van der Waals surface area contributed by atoms with E-state index in [1.54, 1.807) is 11.4 Å². The number of fused-ring (bicyclic) bond motifs is 1. The van der Waals surface area contributed by atoms with E-state index in [1.807, 2.05) is 0 Å². The zero-order valence-electron chi connectivity index (χ0n) is 9.08. The quantitative estimate of drug-likeness (QED) is 0.883. The van der Waals surface area contributed by atoms with Crippen LogP contribution in [0.4, 0.5) is 24.9 Å². The van der Waals surface area contributed by atoms with Crippen molar-refractivity contribution in [3.05, 3.63) is 11.4 Å². The van der Waals surface area contributed by atoms with Crippen molar-refractivity contribution in [2.75, 3.05) is 11.1 Å². The van der Waals surface area contributed by atoms with Gasteiger partial charge in [0, 0.05) is 0 Å². The number of hydrogen-bond acceptors (Lipinski definition) is 5. The van der Waals surface area contributed by atoms with Crippen LogP contribution in [-0.2, 0) is 0 Å². The summed E-state index contributed by atoms with van der Waals surface area (Å²) in [5.74, 6) is 0.138. The molecule has 0 spiro atoms. The van der Waals surface area contributed by atoms with Crippen LogP contribution < -0.4 is 11.1 Å². The molecule has 1 aliphatic rings. The molecule has 1 aliphatic carbocycles. The van der Waals surface area contributed by atoms with Crippen molar-refractivity contribution in [2.24, 2.45) is 0 Å². The van der Waals surface area contributed by atoms with Crippen LogP contribution >= 0.6 is 11.3 Å². The van der Waals surface area contributed by atoms with Gasteiger partial charge in [-0.2, -0.15) is 18.2 Å². The number of nitrogens with one attached hydrogen (secondary N) is 1. The number of anilines is 2. The Balaban J connectivity index is 2.03. The fraction of sp³-hybridized carbons (Fsp3) is 0.400. The summed E-state index contributed by atoms with van der Waals surface area (Å²) in [5, 5.41) is 4.81. The predicted octanol–water partition coefficient (Wildman–Crippen LogP) is 2.78. The van der Waals surface area contributed by atoms with E-state index >= 15 is 0 Å². The van der Waals surface area contributed by atoms with Gasteiger partial charge in [-0.1, -0.05) is 0 Å². The number of hydrogen-bond donors (Lipinski definition) is 2. The highest BCUT2D eigenvalue weighted by molar-refractivity contribution is 7.16. The molecule has 0 bridgehead atoms. The highest BCUT2D eigenvalue weighted by Gasteiger charge is 2.63.